The van der Waals surface area contributed by atoms with Crippen molar-refractivity contribution in [2.75, 3.05) is 40.9 Å². The summed E-state index contributed by atoms with van der Waals surface area (Å²) in [5.41, 5.74) is 0.896. The molecule has 1 unspecified atom stereocenters. The Balaban J connectivity index is 2.17. The lowest BCUT2D eigenvalue weighted by atomic mass is 9.95. The minimum atomic E-state index is -0.833. The number of rotatable bonds is 8. The number of ketones is 1. The van der Waals surface area contributed by atoms with Crippen LogP contribution in [0.2, 0.25) is 0 Å². The molecule has 8 nitrogen and oxygen atoms in total. The molecule has 1 atom stereocenters. The molecule has 2 N–H and O–H groups in total. The highest BCUT2D eigenvalue weighted by Crippen LogP contribution is 2.41. The van der Waals surface area contributed by atoms with Gasteiger partial charge in [-0.3, -0.25) is 9.59 Å². The second-order valence-corrected chi connectivity index (χ2v) is 7.69. The Morgan fingerprint density at radius 1 is 1.16 bits per heavy atom. The zero-order chi connectivity index (χ0) is 23.4. The molecule has 0 radical (unpaired) electrons. The summed E-state index contributed by atoms with van der Waals surface area (Å²) in [6.07, 6.45) is 0. The van der Waals surface area contributed by atoms with E-state index in [2.05, 4.69) is 0 Å². The lowest BCUT2D eigenvalue weighted by Crippen LogP contribution is -2.35. The Labute approximate surface area is 187 Å². The van der Waals surface area contributed by atoms with Crippen LogP contribution in [-0.2, 0) is 9.59 Å². The van der Waals surface area contributed by atoms with Gasteiger partial charge in [0.15, 0.2) is 11.5 Å². The van der Waals surface area contributed by atoms with Gasteiger partial charge in [0.2, 0.25) is 0 Å². The lowest BCUT2D eigenvalue weighted by Gasteiger charge is -2.27. The molecule has 0 aromatic heterocycles. The molecule has 1 aliphatic heterocycles. The first-order valence-electron chi connectivity index (χ1n) is 10.3. The highest BCUT2D eigenvalue weighted by Gasteiger charge is 2.46. The van der Waals surface area contributed by atoms with Crippen molar-refractivity contribution in [3.8, 4) is 17.2 Å². The number of hydrogen-bond acceptors (Lipinski definition) is 7. The Morgan fingerprint density at radius 3 is 2.56 bits per heavy atom. The minimum absolute atomic E-state index is 0.0184. The number of aliphatic hydroxyl groups excluding tert-OH is 1. The molecule has 1 amide bonds. The summed E-state index contributed by atoms with van der Waals surface area (Å²) in [4.78, 5) is 29.3. The number of carbonyl (C=O) groups is 2. The quantitative estimate of drug-likeness (QED) is 0.370. The van der Waals surface area contributed by atoms with Gasteiger partial charge >= 0.3 is 0 Å². The number of carbonyl (C=O) groups excluding carboxylic acids is 2. The van der Waals surface area contributed by atoms with Gasteiger partial charge in [0, 0.05) is 18.7 Å². The molecule has 0 spiro atoms. The number of ether oxygens (including phenoxy) is 2. The fourth-order valence-corrected chi connectivity index (χ4v) is 3.68. The molecule has 8 heteroatoms. The van der Waals surface area contributed by atoms with Crippen LogP contribution in [0.1, 0.15) is 24.1 Å². The average Bonchev–Trinajstić information content (AvgIpc) is 3.02. The lowest BCUT2D eigenvalue weighted by molar-refractivity contribution is -0.140. The van der Waals surface area contributed by atoms with Gasteiger partial charge in [-0.15, -0.1) is 0 Å². The van der Waals surface area contributed by atoms with E-state index in [0.717, 1.165) is 0 Å². The van der Waals surface area contributed by atoms with Crippen molar-refractivity contribution in [1.82, 2.24) is 9.80 Å². The Morgan fingerprint density at radius 2 is 1.91 bits per heavy atom. The molecule has 0 saturated carbocycles. The van der Waals surface area contributed by atoms with Crippen LogP contribution in [0.5, 0.6) is 17.2 Å². The van der Waals surface area contributed by atoms with Gasteiger partial charge in [0.1, 0.15) is 11.5 Å². The molecule has 1 heterocycles. The third-order valence-electron chi connectivity index (χ3n) is 5.27. The molecule has 32 heavy (non-hydrogen) atoms. The largest absolute Gasteiger partial charge is 0.507 e. The Kier molecular flexibility index (Phi) is 7.05. The van der Waals surface area contributed by atoms with E-state index in [1.54, 1.807) is 36.4 Å². The van der Waals surface area contributed by atoms with Crippen LogP contribution in [-0.4, -0.2) is 72.6 Å². The number of methoxy groups -OCH3 is 1. The van der Waals surface area contributed by atoms with E-state index in [4.69, 9.17) is 9.47 Å². The van der Waals surface area contributed by atoms with E-state index < -0.39 is 17.7 Å². The van der Waals surface area contributed by atoms with E-state index in [1.807, 2.05) is 25.9 Å². The van der Waals surface area contributed by atoms with Crippen molar-refractivity contribution in [3.63, 3.8) is 0 Å². The number of phenolic OH excluding ortho intramolecular Hbond substituents is 1. The third kappa shape index (κ3) is 4.55. The smallest absolute Gasteiger partial charge is 0.295 e. The van der Waals surface area contributed by atoms with Crippen LogP contribution in [0.15, 0.2) is 48.0 Å². The van der Waals surface area contributed by atoms with Gasteiger partial charge in [0.05, 0.1) is 25.3 Å². The highest BCUT2D eigenvalue weighted by atomic mass is 16.5. The monoisotopic (exact) mass is 440 g/mol. The maximum atomic E-state index is 13.1. The Bertz CT molecular complexity index is 1050. The average molecular weight is 440 g/mol. The van der Waals surface area contributed by atoms with E-state index in [9.17, 15) is 19.8 Å². The van der Waals surface area contributed by atoms with Crippen LogP contribution >= 0.6 is 0 Å². The normalized spacial score (nSPS) is 17.8. The molecule has 1 fully saturated rings. The predicted molar refractivity (Wildman–Crippen MR) is 120 cm³/mol. The van der Waals surface area contributed by atoms with Crippen molar-refractivity contribution in [1.29, 1.82) is 0 Å². The van der Waals surface area contributed by atoms with Gasteiger partial charge in [0.25, 0.3) is 11.7 Å². The second-order valence-electron chi connectivity index (χ2n) is 7.69. The maximum Gasteiger partial charge on any atom is 0.295 e. The number of Topliss-reactive ketones (excluding diaryl/α,β-unsaturated/α-hetero) is 1. The van der Waals surface area contributed by atoms with Crippen molar-refractivity contribution in [2.45, 2.75) is 13.0 Å². The van der Waals surface area contributed by atoms with Crippen molar-refractivity contribution in [2.24, 2.45) is 0 Å². The number of benzene rings is 2. The van der Waals surface area contributed by atoms with Crippen LogP contribution < -0.4 is 9.47 Å². The van der Waals surface area contributed by atoms with Crippen LogP contribution in [0, 0.1) is 0 Å². The summed E-state index contributed by atoms with van der Waals surface area (Å²) >= 11 is 0. The second kappa shape index (κ2) is 9.74. The summed E-state index contributed by atoms with van der Waals surface area (Å²) in [6.45, 7) is 3.10. The van der Waals surface area contributed by atoms with Gasteiger partial charge in [-0.25, -0.2) is 0 Å². The molecule has 170 valence electrons. The number of nitrogens with zero attached hydrogens (tertiary/aromatic N) is 2. The minimum Gasteiger partial charge on any atom is -0.507 e. The number of aliphatic hydroxyl groups is 1. The van der Waals surface area contributed by atoms with Crippen LogP contribution in [0.25, 0.3) is 5.76 Å². The molecular weight excluding hydrogens is 412 g/mol. The fourth-order valence-electron chi connectivity index (χ4n) is 3.68. The number of likely N-dealkylation sites (N-methyl/N-ethyl adjacent to an activating group) is 1. The predicted octanol–water partition coefficient (Wildman–Crippen LogP) is 2.78. The van der Waals surface area contributed by atoms with E-state index in [-0.39, 0.29) is 29.4 Å². The van der Waals surface area contributed by atoms with Gasteiger partial charge in [-0.2, -0.15) is 0 Å². The zero-order valence-electron chi connectivity index (χ0n) is 18.7. The molecule has 1 saturated heterocycles. The Hall–Kier alpha value is -3.52. The summed E-state index contributed by atoms with van der Waals surface area (Å²) in [6, 6.07) is 10.5. The SMILES string of the molecule is CCOc1cccc(C(O)=C2C(=O)C(=O)N(CCN(C)C)C2c2ccc(O)c(OC)c2)c1. The summed E-state index contributed by atoms with van der Waals surface area (Å²) in [5.74, 6) is -1.05. The molecule has 1 aliphatic rings. The zero-order valence-corrected chi connectivity index (χ0v) is 18.7. The molecule has 3 rings (SSSR count). The summed E-state index contributed by atoms with van der Waals surface area (Å²) < 4.78 is 10.7. The highest BCUT2D eigenvalue weighted by molar-refractivity contribution is 6.46. The molecular formula is C24H28N2O6. The van der Waals surface area contributed by atoms with Crippen LogP contribution in [0.4, 0.5) is 0 Å². The van der Waals surface area contributed by atoms with E-state index >= 15 is 0 Å². The standard InChI is InChI=1S/C24H28N2O6/c1-5-32-17-8-6-7-16(13-17)22(28)20-21(15-9-10-18(27)19(14-15)31-4)26(12-11-25(2)3)24(30)23(20)29/h6-10,13-14,21,27-28H,5,11-12H2,1-4H3. The van der Waals surface area contributed by atoms with Gasteiger partial charge < -0.3 is 29.5 Å². The summed E-state index contributed by atoms with van der Waals surface area (Å²) in [5, 5.41) is 21.1. The number of phenols is 1. The first kappa shape index (κ1) is 23.1. The number of hydrogen-bond donors (Lipinski definition) is 2. The van der Waals surface area contributed by atoms with E-state index in [1.165, 1.54) is 18.1 Å². The van der Waals surface area contributed by atoms with Gasteiger partial charge in [-0.05, 0) is 50.8 Å². The number of aromatic hydroxyl groups is 1. The maximum absolute atomic E-state index is 13.1. The first-order chi connectivity index (χ1) is 15.3. The van der Waals surface area contributed by atoms with Crippen LogP contribution in [0.3, 0.4) is 0 Å². The third-order valence-corrected chi connectivity index (χ3v) is 5.27. The fraction of sp³-hybridized carbons (Fsp3) is 0.333. The number of amides is 1. The molecule has 0 aliphatic carbocycles. The molecule has 2 aromatic carbocycles. The topological polar surface area (TPSA) is 99.5 Å². The number of likely N-dealkylation sites (tertiary alicyclic amines) is 1. The molecule has 2 aromatic rings. The van der Waals surface area contributed by atoms with Gasteiger partial charge in [-0.1, -0.05) is 18.2 Å². The van der Waals surface area contributed by atoms with Crippen molar-refractivity contribution < 1.29 is 29.3 Å². The van der Waals surface area contributed by atoms with Crippen molar-refractivity contribution >= 4 is 17.4 Å². The summed E-state index contributed by atoms with van der Waals surface area (Å²) in [7, 11) is 5.16. The first-order valence-corrected chi connectivity index (χ1v) is 10.3. The van der Waals surface area contributed by atoms with Crippen molar-refractivity contribution in [3.05, 3.63) is 59.2 Å². The van der Waals surface area contributed by atoms with E-state index in [0.29, 0.717) is 30.0 Å². The molecule has 0 bridgehead atoms.